The Morgan fingerprint density at radius 2 is 1.66 bits per heavy atom. The van der Waals surface area contributed by atoms with Gasteiger partial charge >= 0.3 is 0 Å². The molecule has 0 saturated carbocycles. The number of hydrogen-bond acceptors (Lipinski definition) is 5. The van der Waals surface area contributed by atoms with Crippen molar-refractivity contribution >= 4 is 50.5 Å². The van der Waals surface area contributed by atoms with E-state index < -0.39 is 38.0 Å². The fourth-order valence-corrected chi connectivity index (χ4v) is 4.87. The van der Waals surface area contributed by atoms with Gasteiger partial charge in [0.25, 0.3) is 15.7 Å². The summed E-state index contributed by atoms with van der Waals surface area (Å²) in [4.78, 5) is 22.5. The van der Waals surface area contributed by atoms with Gasteiger partial charge in [-0.05, 0) is 35.9 Å². The summed E-state index contributed by atoms with van der Waals surface area (Å²) in [5.41, 5.74) is 0.535. The Kier molecular flexibility index (Phi) is 7.34. The van der Waals surface area contributed by atoms with Crippen LogP contribution in [0.25, 0.3) is 0 Å². The predicted octanol–water partition coefficient (Wildman–Crippen LogP) is 4.41. The first-order chi connectivity index (χ1) is 15.2. The van der Waals surface area contributed by atoms with E-state index in [-0.39, 0.29) is 17.3 Å². The Balaban J connectivity index is 1.95. The monoisotopic (exact) mass is 493 g/mol. The van der Waals surface area contributed by atoms with Crippen LogP contribution in [0.2, 0.25) is 10.0 Å². The molecular weight excluding hydrogens is 477 g/mol. The standard InChI is InChI=1S/C21H17Cl2N3O5S/c22-16-6-8-17(9-7-16)25(14-21(27)24-13-15-4-2-1-3-5-15)32(30,31)20-12-18(26(28)29)10-11-19(20)23/h1-12H,13-14H2,(H,24,27). The zero-order valence-electron chi connectivity index (χ0n) is 16.4. The van der Waals surface area contributed by atoms with Crippen LogP contribution < -0.4 is 9.62 Å². The van der Waals surface area contributed by atoms with E-state index >= 15 is 0 Å². The lowest BCUT2D eigenvalue weighted by Gasteiger charge is -2.24. The van der Waals surface area contributed by atoms with Crippen LogP contribution in [0.1, 0.15) is 5.56 Å². The summed E-state index contributed by atoms with van der Waals surface area (Å²) in [5, 5.41) is 14.0. The number of carbonyl (C=O) groups excluding carboxylic acids is 1. The second-order valence-corrected chi connectivity index (χ2v) is 9.30. The summed E-state index contributed by atoms with van der Waals surface area (Å²) in [6, 6.07) is 18.0. The number of hydrogen-bond donors (Lipinski definition) is 1. The molecule has 0 spiro atoms. The third kappa shape index (κ3) is 5.56. The summed E-state index contributed by atoms with van der Waals surface area (Å²) in [6.07, 6.45) is 0. The minimum atomic E-state index is -4.44. The Morgan fingerprint density at radius 1 is 1.00 bits per heavy atom. The van der Waals surface area contributed by atoms with Gasteiger partial charge in [-0.3, -0.25) is 19.2 Å². The molecule has 0 radical (unpaired) electrons. The van der Waals surface area contributed by atoms with Crippen LogP contribution in [0, 0.1) is 10.1 Å². The molecule has 0 aliphatic heterocycles. The van der Waals surface area contributed by atoms with Crippen LogP contribution in [-0.4, -0.2) is 25.8 Å². The second kappa shape index (κ2) is 9.99. The summed E-state index contributed by atoms with van der Waals surface area (Å²) in [7, 11) is -4.44. The first kappa shape index (κ1) is 23.5. The van der Waals surface area contributed by atoms with E-state index in [0.29, 0.717) is 5.02 Å². The first-order valence-corrected chi connectivity index (χ1v) is 11.4. The van der Waals surface area contributed by atoms with Gasteiger partial charge in [0.15, 0.2) is 0 Å². The van der Waals surface area contributed by atoms with Crippen molar-refractivity contribution in [3.8, 4) is 0 Å². The largest absolute Gasteiger partial charge is 0.350 e. The lowest BCUT2D eigenvalue weighted by Crippen LogP contribution is -2.40. The van der Waals surface area contributed by atoms with Gasteiger partial charge in [-0.2, -0.15) is 0 Å². The molecule has 1 amide bonds. The minimum absolute atomic E-state index is 0.145. The predicted molar refractivity (Wildman–Crippen MR) is 122 cm³/mol. The molecule has 0 fully saturated rings. The highest BCUT2D eigenvalue weighted by Crippen LogP contribution is 2.31. The van der Waals surface area contributed by atoms with Gasteiger partial charge in [-0.25, -0.2) is 8.42 Å². The minimum Gasteiger partial charge on any atom is -0.350 e. The average molecular weight is 494 g/mol. The maximum atomic E-state index is 13.4. The highest BCUT2D eigenvalue weighted by atomic mass is 35.5. The summed E-state index contributed by atoms with van der Waals surface area (Å²) in [5.74, 6) is -0.575. The highest BCUT2D eigenvalue weighted by molar-refractivity contribution is 7.93. The normalized spacial score (nSPS) is 11.1. The number of amides is 1. The smallest absolute Gasteiger partial charge is 0.270 e. The summed E-state index contributed by atoms with van der Waals surface area (Å²) >= 11 is 12.0. The van der Waals surface area contributed by atoms with Crippen molar-refractivity contribution in [3.63, 3.8) is 0 Å². The number of rotatable bonds is 8. The summed E-state index contributed by atoms with van der Waals surface area (Å²) < 4.78 is 27.7. The Bertz CT molecular complexity index is 1240. The molecule has 8 nitrogen and oxygen atoms in total. The number of nitrogens with zero attached hydrogens (tertiary/aromatic N) is 2. The van der Waals surface area contributed by atoms with Gasteiger partial charge in [0.1, 0.15) is 11.4 Å². The lowest BCUT2D eigenvalue weighted by molar-refractivity contribution is -0.385. The third-order valence-corrected chi connectivity index (χ3v) is 6.94. The van der Waals surface area contributed by atoms with E-state index in [9.17, 15) is 23.3 Å². The molecule has 0 heterocycles. The van der Waals surface area contributed by atoms with Crippen LogP contribution in [0.4, 0.5) is 11.4 Å². The molecule has 3 rings (SSSR count). The topological polar surface area (TPSA) is 110 Å². The number of carbonyl (C=O) groups is 1. The molecule has 166 valence electrons. The molecule has 0 saturated heterocycles. The lowest BCUT2D eigenvalue weighted by atomic mass is 10.2. The van der Waals surface area contributed by atoms with Crippen molar-refractivity contribution in [2.75, 3.05) is 10.8 Å². The third-order valence-electron chi connectivity index (χ3n) is 4.43. The van der Waals surface area contributed by atoms with Crippen LogP contribution in [0.3, 0.4) is 0 Å². The van der Waals surface area contributed by atoms with Gasteiger partial charge in [0.2, 0.25) is 5.91 Å². The first-order valence-electron chi connectivity index (χ1n) is 9.21. The molecule has 0 unspecified atom stereocenters. The number of non-ortho nitro benzene ring substituents is 1. The van der Waals surface area contributed by atoms with Crippen molar-refractivity contribution in [2.24, 2.45) is 0 Å². The van der Waals surface area contributed by atoms with Crippen molar-refractivity contribution in [1.82, 2.24) is 5.32 Å². The molecule has 3 aromatic rings. The fourth-order valence-electron chi connectivity index (χ4n) is 2.83. The molecule has 0 aromatic heterocycles. The number of sulfonamides is 1. The molecular formula is C21H17Cl2N3O5S. The molecule has 0 aliphatic rings. The van der Waals surface area contributed by atoms with E-state index in [2.05, 4.69) is 5.32 Å². The van der Waals surface area contributed by atoms with E-state index in [1.807, 2.05) is 30.3 Å². The van der Waals surface area contributed by atoms with Gasteiger partial charge in [-0.15, -0.1) is 0 Å². The van der Waals surface area contributed by atoms with Crippen molar-refractivity contribution in [2.45, 2.75) is 11.4 Å². The highest BCUT2D eigenvalue weighted by Gasteiger charge is 2.30. The number of halogens is 2. The average Bonchev–Trinajstić information content (AvgIpc) is 2.77. The Hall–Kier alpha value is -3.14. The number of anilines is 1. The van der Waals surface area contributed by atoms with Gasteiger partial charge in [-0.1, -0.05) is 53.5 Å². The number of nitro groups is 1. The van der Waals surface area contributed by atoms with Gasteiger partial charge < -0.3 is 5.32 Å². The maximum Gasteiger partial charge on any atom is 0.270 e. The van der Waals surface area contributed by atoms with Crippen LogP contribution in [0.15, 0.2) is 77.7 Å². The fraction of sp³-hybridized carbons (Fsp3) is 0.0952. The van der Waals surface area contributed by atoms with E-state index in [1.54, 1.807) is 0 Å². The van der Waals surface area contributed by atoms with Gasteiger partial charge in [0.05, 0.1) is 15.6 Å². The van der Waals surface area contributed by atoms with Crippen LogP contribution >= 0.6 is 23.2 Å². The van der Waals surface area contributed by atoms with E-state index in [0.717, 1.165) is 28.1 Å². The molecule has 32 heavy (non-hydrogen) atoms. The van der Waals surface area contributed by atoms with E-state index in [1.165, 1.54) is 24.3 Å². The molecule has 11 heteroatoms. The molecule has 0 aliphatic carbocycles. The second-order valence-electron chi connectivity index (χ2n) is 6.62. The van der Waals surface area contributed by atoms with Crippen LogP contribution in [0.5, 0.6) is 0 Å². The number of nitro benzene ring substituents is 1. The molecule has 3 aromatic carbocycles. The quantitative estimate of drug-likeness (QED) is 0.369. The molecule has 0 bridgehead atoms. The number of benzene rings is 3. The zero-order valence-corrected chi connectivity index (χ0v) is 18.8. The van der Waals surface area contributed by atoms with Crippen molar-refractivity contribution in [3.05, 3.63) is 98.5 Å². The molecule has 1 N–H and O–H groups in total. The van der Waals surface area contributed by atoms with Gasteiger partial charge in [0, 0.05) is 23.7 Å². The van der Waals surface area contributed by atoms with Crippen molar-refractivity contribution < 1.29 is 18.1 Å². The SMILES string of the molecule is O=C(CN(c1ccc(Cl)cc1)S(=O)(=O)c1cc([N+](=O)[O-])ccc1Cl)NCc1ccccc1. The Morgan fingerprint density at radius 3 is 2.28 bits per heavy atom. The zero-order chi connectivity index (χ0) is 23.3. The van der Waals surface area contributed by atoms with E-state index in [4.69, 9.17) is 23.2 Å². The van der Waals surface area contributed by atoms with Crippen molar-refractivity contribution in [1.29, 1.82) is 0 Å². The number of nitrogens with one attached hydrogen (secondary N) is 1. The molecule has 0 atom stereocenters. The summed E-state index contributed by atoms with van der Waals surface area (Å²) in [6.45, 7) is -0.373. The van der Waals surface area contributed by atoms with Crippen LogP contribution in [-0.2, 0) is 21.4 Å². The Labute approximate surface area is 194 Å². The maximum absolute atomic E-state index is 13.4.